The molecule has 2 nitrogen and oxygen atoms in total. The number of thioether (sulfide) groups is 1. The largest absolute Gasteiger partial charge is 0.397 e. The summed E-state index contributed by atoms with van der Waals surface area (Å²) in [6.45, 7) is 3.01. The molecule has 3 N–H and O–H groups in total. The molecule has 0 aliphatic rings. The second-order valence-corrected chi connectivity index (χ2v) is 4.00. The van der Waals surface area contributed by atoms with Crippen molar-refractivity contribution in [2.24, 2.45) is 0 Å². The summed E-state index contributed by atoms with van der Waals surface area (Å²) in [5.74, 6) is 1.10. The van der Waals surface area contributed by atoms with Crippen LogP contribution in [0.1, 0.15) is 5.56 Å². The van der Waals surface area contributed by atoms with Crippen molar-refractivity contribution in [1.82, 2.24) is 0 Å². The molecule has 0 heterocycles. The Kier molecular flexibility index (Phi) is 3.96. The van der Waals surface area contributed by atoms with Crippen LogP contribution in [0.25, 0.3) is 0 Å². The molecular weight excluding hydrogens is 180 g/mol. The fourth-order valence-electron chi connectivity index (χ4n) is 1.13. The Balaban J connectivity index is 2.56. The van der Waals surface area contributed by atoms with E-state index < -0.39 is 0 Å². The maximum absolute atomic E-state index is 5.83. The number of anilines is 2. The first-order valence-electron chi connectivity index (χ1n) is 4.33. The fraction of sp³-hybridized carbons (Fsp3) is 0.400. The Morgan fingerprint density at radius 3 is 2.85 bits per heavy atom. The van der Waals surface area contributed by atoms with Gasteiger partial charge in [-0.1, -0.05) is 6.07 Å². The summed E-state index contributed by atoms with van der Waals surface area (Å²) in [4.78, 5) is 0. The van der Waals surface area contributed by atoms with E-state index in [2.05, 4.69) is 17.6 Å². The highest BCUT2D eigenvalue weighted by atomic mass is 32.2. The molecule has 0 saturated carbocycles. The third-order valence-corrected chi connectivity index (χ3v) is 2.44. The molecule has 0 unspecified atom stereocenters. The van der Waals surface area contributed by atoms with Gasteiger partial charge in [0.2, 0.25) is 0 Å². The lowest BCUT2D eigenvalue weighted by molar-refractivity contribution is 1.23. The average Bonchev–Trinajstić information content (AvgIpc) is 2.09. The van der Waals surface area contributed by atoms with E-state index in [1.54, 1.807) is 0 Å². The second-order valence-electron chi connectivity index (χ2n) is 3.01. The molecule has 0 aliphatic heterocycles. The third-order valence-electron chi connectivity index (χ3n) is 1.83. The van der Waals surface area contributed by atoms with Crippen LogP contribution in [0.3, 0.4) is 0 Å². The van der Waals surface area contributed by atoms with Crippen molar-refractivity contribution in [2.45, 2.75) is 6.92 Å². The van der Waals surface area contributed by atoms with Gasteiger partial charge in [-0.15, -0.1) is 0 Å². The van der Waals surface area contributed by atoms with Crippen molar-refractivity contribution in [1.29, 1.82) is 0 Å². The first-order valence-corrected chi connectivity index (χ1v) is 5.72. The van der Waals surface area contributed by atoms with E-state index in [1.165, 1.54) is 5.56 Å². The molecule has 0 atom stereocenters. The minimum absolute atomic E-state index is 0.834. The Bertz CT molecular complexity index is 274. The molecule has 0 aromatic heterocycles. The summed E-state index contributed by atoms with van der Waals surface area (Å²) in [5.41, 5.74) is 8.91. The summed E-state index contributed by atoms with van der Waals surface area (Å²) in [7, 11) is 0. The first-order chi connectivity index (χ1) is 6.24. The topological polar surface area (TPSA) is 38.0 Å². The predicted octanol–water partition coefficient (Wildman–Crippen LogP) is 2.35. The lowest BCUT2D eigenvalue weighted by Gasteiger charge is -2.08. The highest BCUT2D eigenvalue weighted by molar-refractivity contribution is 7.98. The number of benzene rings is 1. The van der Waals surface area contributed by atoms with Gasteiger partial charge in [0, 0.05) is 12.3 Å². The summed E-state index contributed by atoms with van der Waals surface area (Å²) >= 11 is 1.83. The van der Waals surface area contributed by atoms with E-state index >= 15 is 0 Å². The van der Waals surface area contributed by atoms with Gasteiger partial charge in [0.1, 0.15) is 0 Å². The summed E-state index contributed by atoms with van der Waals surface area (Å²) < 4.78 is 0. The van der Waals surface area contributed by atoms with E-state index in [0.717, 1.165) is 23.7 Å². The van der Waals surface area contributed by atoms with Crippen molar-refractivity contribution < 1.29 is 0 Å². The quantitative estimate of drug-likeness (QED) is 0.573. The number of hydrogen-bond donors (Lipinski definition) is 2. The van der Waals surface area contributed by atoms with Crippen LogP contribution in [0.2, 0.25) is 0 Å². The van der Waals surface area contributed by atoms with Crippen LogP contribution in [0, 0.1) is 6.92 Å². The number of aryl methyl sites for hydroxylation is 1. The van der Waals surface area contributed by atoms with Crippen LogP contribution in [0.4, 0.5) is 11.4 Å². The highest BCUT2D eigenvalue weighted by Crippen LogP contribution is 2.18. The van der Waals surface area contributed by atoms with Crippen molar-refractivity contribution >= 4 is 23.1 Å². The Morgan fingerprint density at radius 1 is 1.46 bits per heavy atom. The summed E-state index contributed by atoms with van der Waals surface area (Å²) in [6.07, 6.45) is 2.10. The van der Waals surface area contributed by atoms with Gasteiger partial charge < -0.3 is 11.1 Å². The molecule has 0 bridgehead atoms. The maximum atomic E-state index is 5.83. The number of rotatable bonds is 4. The first kappa shape index (κ1) is 10.3. The molecule has 1 rings (SSSR count). The van der Waals surface area contributed by atoms with Gasteiger partial charge in [0.25, 0.3) is 0 Å². The molecule has 0 aliphatic carbocycles. The number of nitrogens with two attached hydrogens (primary N) is 1. The predicted molar refractivity (Wildman–Crippen MR) is 62.5 cm³/mol. The van der Waals surface area contributed by atoms with Gasteiger partial charge >= 0.3 is 0 Å². The SMILES string of the molecule is CSCCNc1ccc(C)cc1N. The molecule has 72 valence electrons. The molecule has 1 aromatic rings. The lowest BCUT2D eigenvalue weighted by atomic mass is 10.2. The molecule has 0 fully saturated rings. The fourth-order valence-corrected chi connectivity index (χ4v) is 1.44. The average molecular weight is 196 g/mol. The zero-order chi connectivity index (χ0) is 9.68. The van der Waals surface area contributed by atoms with E-state index in [9.17, 15) is 0 Å². The van der Waals surface area contributed by atoms with Crippen molar-refractivity contribution in [3.8, 4) is 0 Å². The smallest absolute Gasteiger partial charge is 0.0574 e. The normalized spacial score (nSPS) is 10.0. The molecule has 13 heavy (non-hydrogen) atoms. The van der Waals surface area contributed by atoms with Gasteiger partial charge in [0.05, 0.1) is 11.4 Å². The van der Waals surface area contributed by atoms with Gasteiger partial charge in [-0.25, -0.2) is 0 Å². The van der Waals surface area contributed by atoms with Crippen molar-refractivity contribution in [3.05, 3.63) is 23.8 Å². The van der Waals surface area contributed by atoms with E-state index in [1.807, 2.05) is 30.8 Å². The highest BCUT2D eigenvalue weighted by Gasteiger charge is 1.96. The molecule has 0 amide bonds. The van der Waals surface area contributed by atoms with Crippen LogP contribution >= 0.6 is 11.8 Å². The van der Waals surface area contributed by atoms with E-state index in [-0.39, 0.29) is 0 Å². The van der Waals surface area contributed by atoms with Gasteiger partial charge in [-0.05, 0) is 30.9 Å². The molecular formula is C10H16N2S. The van der Waals surface area contributed by atoms with Gasteiger partial charge in [0.15, 0.2) is 0 Å². The Hall–Kier alpha value is -0.830. The van der Waals surface area contributed by atoms with Crippen LogP contribution in [-0.2, 0) is 0 Å². The molecule has 3 heteroatoms. The molecule has 0 spiro atoms. The standard InChI is InChI=1S/C10H16N2S/c1-8-3-4-10(9(11)7-8)12-5-6-13-2/h3-4,7,12H,5-6,11H2,1-2H3. The van der Waals surface area contributed by atoms with E-state index in [0.29, 0.717) is 0 Å². The van der Waals surface area contributed by atoms with Crippen LogP contribution < -0.4 is 11.1 Å². The summed E-state index contributed by atoms with van der Waals surface area (Å²) in [6, 6.07) is 6.09. The van der Waals surface area contributed by atoms with Crippen molar-refractivity contribution in [2.75, 3.05) is 29.6 Å². The number of nitrogens with one attached hydrogen (secondary N) is 1. The van der Waals surface area contributed by atoms with Crippen LogP contribution in [0.5, 0.6) is 0 Å². The van der Waals surface area contributed by atoms with E-state index in [4.69, 9.17) is 5.73 Å². The number of nitrogen functional groups attached to an aromatic ring is 1. The third kappa shape index (κ3) is 3.19. The zero-order valence-corrected chi connectivity index (χ0v) is 8.95. The number of hydrogen-bond acceptors (Lipinski definition) is 3. The van der Waals surface area contributed by atoms with Crippen LogP contribution in [-0.4, -0.2) is 18.6 Å². The van der Waals surface area contributed by atoms with Gasteiger partial charge in [-0.3, -0.25) is 0 Å². The zero-order valence-electron chi connectivity index (χ0n) is 8.13. The summed E-state index contributed by atoms with van der Waals surface area (Å²) in [5, 5.41) is 3.30. The molecule has 0 radical (unpaired) electrons. The minimum Gasteiger partial charge on any atom is -0.397 e. The monoisotopic (exact) mass is 196 g/mol. The van der Waals surface area contributed by atoms with Crippen molar-refractivity contribution in [3.63, 3.8) is 0 Å². The Labute approximate surface area is 83.9 Å². The van der Waals surface area contributed by atoms with Crippen LogP contribution in [0.15, 0.2) is 18.2 Å². The minimum atomic E-state index is 0.834. The molecule has 1 aromatic carbocycles. The Morgan fingerprint density at radius 2 is 2.23 bits per heavy atom. The second kappa shape index (κ2) is 5.02. The lowest BCUT2D eigenvalue weighted by Crippen LogP contribution is -2.05. The maximum Gasteiger partial charge on any atom is 0.0574 e. The van der Waals surface area contributed by atoms with Gasteiger partial charge in [-0.2, -0.15) is 11.8 Å². The molecule has 0 saturated heterocycles.